The van der Waals surface area contributed by atoms with Gasteiger partial charge in [0.2, 0.25) is 0 Å². The zero-order chi connectivity index (χ0) is 22.4. The number of hydrogen-bond acceptors (Lipinski definition) is 7. The summed E-state index contributed by atoms with van der Waals surface area (Å²) in [7, 11) is 0. The fraction of sp³-hybridized carbons (Fsp3) is 0.435. The number of rotatable bonds is 8. The Balaban J connectivity index is 1.61. The predicted octanol–water partition coefficient (Wildman–Crippen LogP) is 4.00. The normalized spacial score (nSPS) is 15.2. The van der Waals surface area contributed by atoms with Crippen molar-refractivity contribution >= 4 is 34.2 Å². The van der Waals surface area contributed by atoms with Gasteiger partial charge in [-0.3, -0.25) is 4.79 Å². The zero-order valence-corrected chi connectivity index (χ0v) is 18.8. The minimum absolute atomic E-state index is 0.264. The van der Waals surface area contributed by atoms with Crippen LogP contribution in [0.15, 0.2) is 30.3 Å². The number of thiophene rings is 1. The Bertz CT molecular complexity index is 937. The van der Waals surface area contributed by atoms with Crippen molar-refractivity contribution < 1.29 is 28.6 Å². The molecule has 1 aliphatic carbocycles. The van der Waals surface area contributed by atoms with Crippen molar-refractivity contribution in [1.29, 1.82) is 0 Å². The molecule has 1 heterocycles. The van der Waals surface area contributed by atoms with E-state index in [0.29, 0.717) is 22.2 Å². The second kappa shape index (κ2) is 10.4. The fourth-order valence-electron chi connectivity index (χ4n) is 3.34. The van der Waals surface area contributed by atoms with Gasteiger partial charge in [-0.1, -0.05) is 25.1 Å². The first-order valence-corrected chi connectivity index (χ1v) is 11.1. The highest BCUT2D eigenvalue weighted by molar-refractivity contribution is 7.17. The molecule has 8 heteroatoms. The molecule has 1 aromatic carbocycles. The van der Waals surface area contributed by atoms with Crippen LogP contribution in [0.5, 0.6) is 5.75 Å². The summed E-state index contributed by atoms with van der Waals surface area (Å²) >= 11 is 1.39. The lowest BCUT2D eigenvalue weighted by Crippen LogP contribution is -2.24. The monoisotopic (exact) mass is 445 g/mol. The Kier molecular flexibility index (Phi) is 7.68. The van der Waals surface area contributed by atoms with Crippen LogP contribution in [-0.4, -0.2) is 37.2 Å². The quantitative estimate of drug-likeness (QED) is 0.618. The van der Waals surface area contributed by atoms with Gasteiger partial charge in [-0.25, -0.2) is 9.59 Å². The first-order valence-electron chi connectivity index (χ1n) is 10.3. The summed E-state index contributed by atoms with van der Waals surface area (Å²) < 4.78 is 15.7. The lowest BCUT2D eigenvalue weighted by molar-refractivity contribution is -0.149. The van der Waals surface area contributed by atoms with Crippen LogP contribution in [0.1, 0.15) is 48.0 Å². The third kappa shape index (κ3) is 6.30. The number of amides is 1. The van der Waals surface area contributed by atoms with Crippen LogP contribution in [0.2, 0.25) is 0 Å². The average Bonchev–Trinajstić information content (AvgIpc) is 3.07. The molecular formula is C23H27NO6S. The van der Waals surface area contributed by atoms with E-state index in [0.717, 1.165) is 29.7 Å². The summed E-state index contributed by atoms with van der Waals surface area (Å²) in [5.41, 5.74) is 1.38. The van der Waals surface area contributed by atoms with Gasteiger partial charge in [-0.15, -0.1) is 11.3 Å². The third-order valence-corrected chi connectivity index (χ3v) is 5.95. The van der Waals surface area contributed by atoms with E-state index >= 15 is 0 Å². The molecule has 0 saturated carbocycles. The topological polar surface area (TPSA) is 90.9 Å². The highest BCUT2D eigenvalue weighted by Crippen LogP contribution is 2.40. The molecule has 1 atom stereocenters. The van der Waals surface area contributed by atoms with Crippen LogP contribution in [-0.2, 0) is 31.9 Å². The number of esters is 2. The van der Waals surface area contributed by atoms with E-state index in [-0.39, 0.29) is 12.7 Å². The molecule has 31 heavy (non-hydrogen) atoms. The molecule has 0 radical (unpaired) electrons. The summed E-state index contributed by atoms with van der Waals surface area (Å²) in [6, 6.07) is 8.85. The van der Waals surface area contributed by atoms with Gasteiger partial charge in [0.25, 0.3) is 5.91 Å². The van der Waals surface area contributed by atoms with E-state index in [2.05, 4.69) is 12.2 Å². The molecule has 0 aliphatic heterocycles. The predicted molar refractivity (Wildman–Crippen MR) is 118 cm³/mol. The molecule has 1 unspecified atom stereocenters. The van der Waals surface area contributed by atoms with Crippen LogP contribution >= 0.6 is 11.3 Å². The summed E-state index contributed by atoms with van der Waals surface area (Å²) in [4.78, 5) is 38.0. The van der Waals surface area contributed by atoms with Crippen molar-refractivity contribution in [2.45, 2.75) is 46.1 Å². The van der Waals surface area contributed by atoms with Gasteiger partial charge in [-0.05, 0) is 56.7 Å². The van der Waals surface area contributed by atoms with Crippen LogP contribution in [0.25, 0.3) is 0 Å². The van der Waals surface area contributed by atoms with E-state index in [1.165, 1.54) is 11.3 Å². The molecule has 0 saturated heterocycles. The fourth-order valence-corrected chi connectivity index (χ4v) is 4.75. The Labute approximate surface area is 185 Å². The van der Waals surface area contributed by atoms with Gasteiger partial charge < -0.3 is 19.5 Å². The van der Waals surface area contributed by atoms with E-state index in [1.54, 1.807) is 38.1 Å². The number of benzene rings is 1. The maximum atomic E-state index is 12.7. The van der Waals surface area contributed by atoms with Crippen LogP contribution in [0.3, 0.4) is 0 Å². The van der Waals surface area contributed by atoms with E-state index in [1.807, 2.05) is 6.07 Å². The second-order valence-corrected chi connectivity index (χ2v) is 8.93. The lowest BCUT2D eigenvalue weighted by atomic mass is 9.88. The molecule has 1 aromatic heterocycles. The first kappa shape index (κ1) is 22.8. The molecule has 7 nitrogen and oxygen atoms in total. The van der Waals surface area contributed by atoms with Gasteiger partial charge in [0.05, 0.1) is 11.7 Å². The van der Waals surface area contributed by atoms with Gasteiger partial charge in [-0.2, -0.15) is 0 Å². The van der Waals surface area contributed by atoms with Gasteiger partial charge in [0.15, 0.2) is 13.2 Å². The molecule has 3 rings (SSSR count). The van der Waals surface area contributed by atoms with Crippen LogP contribution in [0.4, 0.5) is 5.00 Å². The number of carbonyl (C=O) groups excluding carboxylic acids is 3. The highest BCUT2D eigenvalue weighted by Gasteiger charge is 2.29. The first-order chi connectivity index (χ1) is 14.8. The smallest absolute Gasteiger partial charge is 0.344 e. The average molecular weight is 446 g/mol. The second-order valence-electron chi connectivity index (χ2n) is 7.82. The summed E-state index contributed by atoms with van der Waals surface area (Å²) in [5, 5.41) is 3.18. The van der Waals surface area contributed by atoms with Crippen molar-refractivity contribution in [3.8, 4) is 5.75 Å². The summed E-state index contributed by atoms with van der Waals surface area (Å²) in [6.07, 6.45) is 2.36. The minimum atomic E-state index is -0.655. The largest absolute Gasteiger partial charge is 0.482 e. The number of carbonyl (C=O) groups is 3. The lowest BCUT2D eigenvalue weighted by Gasteiger charge is -2.18. The molecule has 0 bridgehead atoms. The molecule has 2 aromatic rings. The molecule has 1 N–H and O–H groups in total. The van der Waals surface area contributed by atoms with Crippen molar-refractivity contribution in [3.05, 3.63) is 46.3 Å². The number of para-hydroxylation sites is 1. The number of ether oxygens (including phenoxy) is 3. The maximum Gasteiger partial charge on any atom is 0.344 e. The van der Waals surface area contributed by atoms with Crippen molar-refractivity contribution in [2.75, 3.05) is 18.5 Å². The van der Waals surface area contributed by atoms with Crippen molar-refractivity contribution in [1.82, 2.24) is 0 Å². The molecule has 1 aliphatic rings. The third-order valence-electron chi connectivity index (χ3n) is 4.78. The van der Waals surface area contributed by atoms with E-state index in [9.17, 15) is 14.4 Å². The highest BCUT2D eigenvalue weighted by atomic mass is 32.1. The summed E-state index contributed by atoms with van der Waals surface area (Å²) in [5.74, 6) is -0.550. The van der Waals surface area contributed by atoms with Gasteiger partial charge in [0, 0.05) is 4.88 Å². The Hall–Kier alpha value is -2.87. The van der Waals surface area contributed by atoms with Gasteiger partial charge >= 0.3 is 11.9 Å². The van der Waals surface area contributed by atoms with Crippen molar-refractivity contribution in [2.24, 2.45) is 5.92 Å². The molecule has 166 valence electrons. The molecule has 1 amide bonds. The minimum Gasteiger partial charge on any atom is -0.482 e. The Morgan fingerprint density at radius 3 is 2.61 bits per heavy atom. The number of anilines is 1. The molecule has 0 spiro atoms. The number of fused-ring (bicyclic) bond motifs is 1. The molecular weight excluding hydrogens is 418 g/mol. The van der Waals surface area contributed by atoms with Crippen molar-refractivity contribution in [3.63, 3.8) is 0 Å². The van der Waals surface area contributed by atoms with Crippen LogP contribution in [0, 0.1) is 5.92 Å². The van der Waals surface area contributed by atoms with Gasteiger partial charge in [0.1, 0.15) is 10.8 Å². The Morgan fingerprint density at radius 1 is 1.16 bits per heavy atom. The SMILES string of the molecule is CC1CCc2c(sc(NC(=O)COC(=O)COc3ccccc3)c2C(=O)OC(C)C)C1. The van der Waals surface area contributed by atoms with E-state index < -0.39 is 24.5 Å². The Morgan fingerprint density at radius 2 is 1.90 bits per heavy atom. The number of hydrogen-bond donors (Lipinski definition) is 1. The zero-order valence-electron chi connectivity index (χ0n) is 17.9. The maximum absolute atomic E-state index is 12.7. The van der Waals surface area contributed by atoms with E-state index in [4.69, 9.17) is 14.2 Å². The molecule has 0 fully saturated rings. The number of nitrogens with one attached hydrogen (secondary N) is 1. The standard InChI is InChI=1S/C23H27NO6S/c1-14(2)30-23(27)21-17-10-9-15(3)11-18(17)31-22(21)24-19(25)12-29-20(26)13-28-16-7-5-4-6-8-16/h4-8,14-15H,9-13H2,1-3H3,(H,24,25). The summed E-state index contributed by atoms with van der Waals surface area (Å²) in [6.45, 7) is 4.98. The van der Waals surface area contributed by atoms with Crippen LogP contribution < -0.4 is 10.1 Å².